The zero-order chi connectivity index (χ0) is 27.2. The second-order valence-corrected chi connectivity index (χ2v) is 9.82. The highest BCUT2D eigenvalue weighted by Crippen LogP contribution is 2.27. The summed E-state index contributed by atoms with van der Waals surface area (Å²) in [7, 11) is 0. The van der Waals surface area contributed by atoms with Gasteiger partial charge in [0.15, 0.2) is 0 Å². The van der Waals surface area contributed by atoms with Gasteiger partial charge in [-0.2, -0.15) is 5.10 Å². The normalized spacial score (nSPS) is 11.1. The van der Waals surface area contributed by atoms with Crippen LogP contribution < -0.4 is 10.2 Å². The Morgan fingerprint density at radius 2 is 1.69 bits per heavy atom. The molecule has 7 heteroatoms. The Kier molecular flexibility index (Phi) is 7.99. The minimum absolute atomic E-state index is 0.272. The molecule has 0 aliphatic heterocycles. The first kappa shape index (κ1) is 26.1. The van der Waals surface area contributed by atoms with Crippen molar-refractivity contribution in [1.29, 1.82) is 0 Å². The van der Waals surface area contributed by atoms with Crippen molar-refractivity contribution < 1.29 is 13.9 Å². The molecular formula is C32H25BrFN3O2. The number of carbonyl (C=O) groups is 1. The van der Waals surface area contributed by atoms with Gasteiger partial charge in [-0.05, 0) is 84.8 Å². The molecule has 39 heavy (non-hydrogen) atoms. The summed E-state index contributed by atoms with van der Waals surface area (Å²) in [4.78, 5) is 12.8. The van der Waals surface area contributed by atoms with Crippen LogP contribution in [0.15, 0.2) is 119 Å². The van der Waals surface area contributed by atoms with E-state index in [1.165, 1.54) is 18.3 Å². The molecule has 1 amide bonds. The van der Waals surface area contributed by atoms with Crippen LogP contribution in [-0.4, -0.2) is 16.7 Å². The van der Waals surface area contributed by atoms with E-state index >= 15 is 0 Å². The SMILES string of the molecule is Cc1ccc(-c2ccccc2)n1-c1ccc(C(=O)N/N=C/c2cc(Br)ccc2OCc2ccc(F)cc2)cc1. The summed E-state index contributed by atoms with van der Waals surface area (Å²) in [6.07, 6.45) is 1.53. The Bertz CT molecular complexity index is 1610. The number of aromatic nitrogens is 1. The van der Waals surface area contributed by atoms with Gasteiger partial charge in [0.25, 0.3) is 5.91 Å². The van der Waals surface area contributed by atoms with Gasteiger partial charge in [-0.3, -0.25) is 4.79 Å². The van der Waals surface area contributed by atoms with Crippen LogP contribution in [0.1, 0.15) is 27.2 Å². The average molecular weight is 582 g/mol. The maximum absolute atomic E-state index is 13.2. The predicted octanol–water partition coefficient (Wildman–Crippen LogP) is 7.70. The number of nitrogens with one attached hydrogen (secondary N) is 1. The number of amides is 1. The molecule has 5 nitrogen and oxygen atoms in total. The molecule has 0 saturated carbocycles. The van der Waals surface area contributed by atoms with Crippen molar-refractivity contribution in [3.05, 3.63) is 142 Å². The van der Waals surface area contributed by atoms with Crippen molar-refractivity contribution in [2.24, 2.45) is 5.10 Å². The minimum Gasteiger partial charge on any atom is -0.488 e. The third kappa shape index (κ3) is 6.33. The third-order valence-corrected chi connectivity index (χ3v) is 6.68. The molecule has 1 heterocycles. The lowest BCUT2D eigenvalue weighted by Gasteiger charge is -2.13. The van der Waals surface area contributed by atoms with E-state index in [0.717, 1.165) is 32.7 Å². The van der Waals surface area contributed by atoms with Gasteiger partial charge in [0.1, 0.15) is 18.2 Å². The molecule has 5 rings (SSSR count). The number of hydrazone groups is 1. The van der Waals surface area contributed by atoms with Crippen LogP contribution in [0, 0.1) is 12.7 Å². The fraction of sp³-hybridized carbons (Fsp3) is 0.0625. The second kappa shape index (κ2) is 11.9. The van der Waals surface area contributed by atoms with Crippen molar-refractivity contribution in [3.8, 4) is 22.7 Å². The molecule has 0 bridgehead atoms. The zero-order valence-corrected chi connectivity index (χ0v) is 22.7. The Balaban J connectivity index is 1.27. The van der Waals surface area contributed by atoms with E-state index in [0.29, 0.717) is 16.9 Å². The average Bonchev–Trinajstić information content (AvgIpc) is 3.35. The van der Waals surface area contributed by atoms with Gasteiger partial charge in [0, 0.05) is 27.0 Å². The molecule has 1 aromatic heterocycles. The molecular weight excluding hydrogens is 557 g/mol. The molecule has 0 aliphatic carbocycles. The molecule has 194 valence electrons. The number of hydrogen-bond acceptors (Lipinski definition) is 3. The zero-order valence-electron chi connectivity index (χ0n) is 21.1. The molecule has 5 aromatic rings. The van der Waals surface area contributed by atoms with Crippen molar-refractivity contribution in [3.63, 3.8) is 0 Å². The summed E-state index contributed by atoms with van der Waals surface area (Å²) in [5, 5.41) is 4.15. The van der Waals surface area contributed by atoms with Crippen molar-refractivity contribution >= 4 is 28.1 Å². The number of ether oxygens (including phenoxy) is 1. The van der Waals surface area contributed by atoms with Crippen LogP contribution in [0.3, 0.4) is 0 Å². The molecule has 4 aromatic carbocycles. The van der Waals surface area contributed by atoms with E-state index in [2.05, 4.69) is 62.2 Å². The van der Waals surface area contributed by atoms with E-state index in [1.54, 1.807) is 24.3 Å². The Morgan fingerprint density at radius 1 is 0.949 bits per heavy atom. The first-order valence-electron chi connectivity index (χ1n) is 12.3. The second-order valence-electron chi connectivity index (χ2n) is 8.90. The quantitative estimate of drug-likeness (QED) is 0.151. The van der Waals surface area contributed by atoms with Gasteiger partial charge >= 0.3 is 0 Å². The summed E-state index contributed by atoms with van der Waals surface area (Å²) in [5.74, 6) is -0.0346. The van der Waals surface area contributed by atoms with Crippen LogP contribution in [0.25, 0.3) is 16.9 Å². The minimum atomic E-state index is -0.325. The van der Waals surface area contributed by atoms with E-state index < -0.39 is 0 Å². The highest BCUT2D eigenvalue weighted by Gasteiger charge is 2.11. The highest BCUT2D eigenvalue weighted by atomic mass is 79.9. The smallest absolute Gasteiger partial charge is 0.271 e. The van der Waals surface area contributed by atoms with Gasteiger partial charge < -0.3 is 9.30 Å². The molecule has 0 spiro atoms. The van der Waals surface area contributed by atoms with Crippen LogP contribution in [0.5, 0.6) is 5.75 Å². The Morgan fingerprint density at radius 3 is 2.44 bits per heavy atom. The number of hydrogen-bond donors (Lipinski definition) is 1. The Hall–Kier alpha value is -4.49. The van der Waals surface area contributed by atoms with E-state index in [1.807, 2.05) is 48.5 Å². The summed E-state index contributed by atoms with van der Waals surface area (Å²) < 4.78 is 22.1. The molecule has 0 radical (unpaired) electrons. The maximum Gasteiger partial charge on any atom is 0.271 e. The van der Waals surface area contributed by atoms with Crippen molar-refractivity contribution in [2.75, 3.05) is 0 Å². The molecule has 0 fully saturated rings. The van der Waals surface area contributed by atoms with Crippen LogP contribution >= 0.6 is 15.9 Å². The summed E-state index contributed by atoms with van der Waals surface area (Å²) in [6, 6.07) is 33.4. The lowest BCUT2D eigenvalue weighted by Crippen LogP contribution is -2.17. The third-order valence-electron chi connectivity index (χ3n) is 6.18. The Labute approximate surface area is 234 Å². The summed E-state index contributed by atoms with van der Waals surface area (Å²) >= 11 is 3.46. The lowest BCUT2D eigenvalue weighted by molar-refractivity contribution is 0.0955. The number of benzene rings is 4. The molecule has 1 N–H and O–H groups in total. The standard InChI is InChI=1S/C32H25BrFN3O2/c1-22-7-17-30(24-5-3-2-4-6-24)37(22)29-15-10-25(11-16-29)32(38)36-35-20-26-19-27(33)12-18-31(26)39-21-23-8-13-28(34)14-9-23/h2-20H,21H2,1H3,(H,36,38)/b35-20+. The number of halogens is 2. The fourth-order valence-electron chi connectivity index (χ4n) is 4.20. The van der Waals surface area contributed by atoms with E-state index in [4.69, 9.17) is 4.74 Å². The molecule has 0 unspecified atom stereocenters. The molecule has 0 atom stereocenters. The lowest BCUT2D eigenvalue weighted by atomic mass is 10.1. The maximum atomic E-state index is 13.2. The molecule has 0 saturated heterocycles. The highest BCUT2D eigenvalue weighted by molar-refractivity contribution is 9.10. The first-order valence-corrected chi connectivity index (χ1v) is 13.1. The monoisotopic (exact) mass is 581 g/mol. The van der Waals surface area contributed by atoms with Crippen molar-refractivity contribution in [2.45, 2.75) is 13.5 Å². The molecule has 0 aliphatic rings. The van der Waals surface area contributed by atoms with Gasteiger partial charge in [0.05, 0.1) is 11.9 Å². The van der Waals surface area contributed by atoms with E-state index in [-0.39, 0.29) is 18.3 Å². The van der Waals surface area contributed by atoms with Crippen LogP contribution in [-0.2, 0) is 6.61 Å². The van der Waals surface area contributed by atoms with Gasteiger partial charge in [0.2, 0.25) is 0 Å². The van der Waals surface area contributed by atoms with E-state index in [9.17, 15) is 9.18 Å². The van der Waals surface area contributed by atoms with Crippen molar-refractivity contribution in [1.82, 2.24) is 9.99 Å². The largest absolute Gasteiger partial charge is 0.488 e. The number of rotatable bonds is 8. The predicted molar refractivity (Wildman–Crippen MR) is 156 cm³/mol. The van der Waals surface area contributed by atoms with Gasteiger partial charge in [-0.1, -0.05) is 58.4 Å². The van der Waals surface area contributed by atoms with Gasteiger partial charge in [-0.25, -0.2) is 9.82 Å². The topological polar surface area (TPSA) is 55.6 Å². The summed E-state index contributed by atoms with van der Waals surface area (Å²) in [5.41, 5.74) is 8.87. The fourth-order valence-corrected chi connectivity index (χ4v) is 4.57. The first-order chi connectivity index (χ1) is 19.0. The number of carbonyl (C=O) groups excluding carboxylic acids is 1. The van der Waals surface area contributed by atoms with Gasteiger partial charge in [-0.15, -0.1) is 0 Å². The number of aryl methyl sites for hydroxylation is 1. The number of nitrogens with zero attached hydrogens (tertiary/aromatic N) is 2. The van der Waals surface area contributed by atoms with Crippen LogP contribution in [0.4, 0.5) is 4.39 Å². The summed E-state index contributed by atoms with van der Waals surface area (Å²) in [6.45, 7) is 2.33. The van der Waals surface area contributed by atoms with Crippen LogP contribution in [0.2, 0.25) is 0 Å².